The van der Waals surface area contributed by atoms with Crippen molar-refractivity contribution in [3.05, 3.63) is 0 Å². The predicted molar refractivity (Wildman–Crippen MR) is 48.1 cm³/mol. The lowest BCUT2D eigenvalue weighted by Crippen LogP contribution is -2.45. The summed E-state index contributed by atoms with van der Waals surface area (Å²) >= 11 is 0. The minimum Gasteiger partial charge on any atom is -0.390 e. The summed E-state index contributed by atoms with van der Waals surface area (Å²) in [5, 5.41) is 9.62. The molecule has 0 saturated heterocycles. The maximum atomic E-state index is 14.1. The van der Waals surface area contributed by atoms with Crippen LogP contribution in [0.2, 0.25) is 0 Å². The fourth-order valence-electron chi connectivity index (χ4n) is 2.44. The molecular weight excluding hydrogens is 193 g/mol. The zero-order valence-electron chi connectivity index (χ0n) is 8.78. The molecule has 1 N–H and O–H groups in total. The Labute approximate surface area is 82.3 Å². The van der Waals surface area contributed by atoms with Gasteiger partial charge in [0.1, 0.15) is 0 Å². The van der Waals surface area contributed by atoms with Crippen molar-refractivity contribution in [3.63, 3.8) is 0 Å². The van der Waals surface area contributed by atoms with E-state index < -0.39 is 29.5 Å². The van der Waals surface area contributed by atoms with E-state index in [0.29, 0.717) is 13.3 Å². The number of hydrogen-bond acceptors (Lipinski definition) is 1. The first kappa shape index (κ1) is 11.8. The highest BCUT2D eigenvalue weighted by atomic mass is 19.3. The van der Waals surface area contributed by atoms with E-state index in [4.69, 9.17) is 0 Å². The van der Waals surface area contributed by atoms with E-state index in [1.54, 1.807) is 6.92 Å². The average molecular weight is 210 g/mol. The zero-order valence-corrected chi connectivity index (χ0v) is 8.78. The van der Waals surface area contributed by atoms with E-state index in [9.17, 15) is 18.3 Å². The first-order chi connectivity index (χ1) is 6.12. The van der Waals surface area contributed by atoms with Crippen LogP contribution >= 0.6 is 0 Å². The number of aliphatic hydroxyl groups is 1. The minimum atomic E-state index is -3.38. The van der Waals surface area contributed by atoms with Gasteiger partial charge in [-0.3, -0.25) is 0 Å². The summed E-state index contributed by atoms with van der Waals surface area (Å²) in [6, 6.07) is 0. The Bertz CT molecular complexity index is 222. The number of rotatable bonds is 2. The van der Waals surface area contributed by atoms with Crippen LogP contribution in [-0.2, 0) is 0 Å². The van der Waals surface area contributed by atoms with Gasteiger partial charge in [0, 0.05) is 19.3 Å². The van der Waals surface area contributed by atoms with E-state index in [2.05, 4.69) is 0 Å². The van der Waals surface area contributed by atoms with Gasteiger partial charge in [0.15, 0.2) is 5.67 Å². The Morgan fingerprint density at radius 3 is 2.29 bits per heavy atom. The molecule has 1 aliphatic carbocycles. The van der Waals surface area contributed by atoms with Gasteiger partial charge in [0.05, 0.1) is 5.60 Å². The molecule has 1 rings (SSSR count). The predicted octanol–water partition coefficient (Wildman–Crippen LogP) is 2.92. The summed E-state index contributed by atoms with van der Waals surface area (Å²) in [6.07, 6.45) is -0.0263. The minimum absolute atomic E-state index is 0.115. The molecule has 0 aromatic rings. The monoisotopic (exact) mass is 210 g/mol. The zero-order chi connectivity index (χ0) is 11.2. The van der Waals surface area contributed by atoms with Crippen LogP contribution in [0.15, 0.2) is 0 Å². The van der Waals surface area contributed by atoms with Crippen molar-refractivity contribution in [3.8, 4) is 0 Å². The van der Waals surface area contributed by atoms with Crippen LogP contribution in [0.4, 0.5) is 13.2 Å². The molecule has 0 spiro atoms. The van der Waals surface area contributed by atoms with Crippen molar-refractivity contribution in [1.82, 2.24) is 0 Å². The molecule has 0 radical (unpaired) electrons. The van der Waals surface area contributed by atoms with Gasteiger partial charge in [-0.2, -0.15) is 0 Å². The molecule has 0 heterocycles. The van der Waals surface area contributed by atoms with Crippen LogP contribution < -0.4 is 0 Å². The van der Waals surface area contributed by atoms with Crippen molar-refractivity contribution in [2.45, 2.75) is 57.2 Å². The van der Waals surface area contributed by atoms with Crippen LogP contribution in [-0.4, -0.2) is 22.3 Å². The molecule has 0 aromatic heterocycles. The van der Waals surface area contributed by atoms with Crippen LogP contribution in [0.3, 0.4) is 0 Å². The molecule has 3 unspecified atom stereocenters. The number of hydrogen-bond donors (Lipinski definition) is 1. The van der Waals surface area contributed by atoms with E-state index in [1.165, 1.54) is 6.92 Å². The molecule has 0 amide bonds. The maximum Gasteiger partial charge on any atom is 0.279 e. The third-order valence-electron chi connectivity index (χ3n) is 3.19. The normalized spacial score (nSPS) is 44.4. The Balaban J connectivity index is 2.98. The fourth-order valence-corrected chi connectivity index (χ4v) is 2.44. The molecular formula is C10H17F3O. The lowest BCUT2D eigenvalue weighted by molar-refractivity contribution is -0.147. The fraction of sp³-hybridized carbons (Fsp3) is 1.00. The van der Waals surface area contributed by atoms with Gasteiger partial charge in [-0.1, -0.05) is 6.92 Å². The lowest BCUT2D eigenvalue weighted by atomic mass is 9.85. The van der Waals surface area contributed by atoms with E-state index in [-0.39, 0.29) is 6.42 Å². The van der Waals surface area contributed by atoms with Crippen molar-refractivity contribution < 1.29 is 18.3 Å². The molecule has 0 aliphatic heterocycles. The molecule has 0 bridgehead atoms. The third-order valence-corrected chi connectivity index (χ3v) is 3.19. The summed E-state index contributed by atoms with van der Waals surface area (Å²) < 4.78 is 40.3. The van der Waals surface area contributed by atoms with Crippen molar-refractivity contribution in [2.24, 2.45) is 5.92 Å². The topological polar surface area (TPSA) is 20.2 Å². The van der Waals surface area contributed by atoms with Gasteiger partial charge in [-0.25, -0.2) is 13.2 Å². The first-order valence-electron chi connectivity index (χ1n) is 4.91. The standard InChI is InChI=1S/C10H17F3O/c1-4-7-5-8(2,14)6-10(7,13)9(3,11)12/h7,14H,4-6H2,1-3H3. The molecule has 14 heavy (non-hydrogen) atoms. The Hall–Kier alpha value is -0.250. The van der Waals surface area contributed by atoms with Gasteiger partial charge < -0.3 is 5.11 Å². The second kappa shape index (κ2) is 3.12. The van der Waals surface area contributed by atoms with Gasteiger partial charge in [-0.05, 0) is 19.8 Å². The van der Waals surface area contributed by atoms with Crippen LogP contribution in [0.1, 0.15) is 40.0 Å². The molecule has 84 valence electrons. The molecule has 4 heteroatoms. The molecule has 3 atom stereocenters. The third kappa shape index (κ3) is 1.76. The highest BCUT2D eigenvalue weighted by molar-refractivity contribution is 5.07. The van der Waals surface area contributed by atoms with E-state index in [1.807, 2.05) is 0 Å². The lowest BCUT2D eigenvalue weighted by Gasteiger charge is -2.32. The Morgan fingerprint density at radius 2 is 2.00 bits per heavy atom. The van der Waals surface area contributed by atoms with Crippen LogP contribution in [0.5, 0.6) is 0 Å². The smallest absolute Gasteiger partial charge is 0.279 e. The number of alkyl halides is 3. The highest BCUT2D eigenvalue weighted by Crippen LogP contribution is 2.53. The second-order valence-electron chi connectivity index (χ2n) is 4.73. The van der Waals surface area contributed by atoms with Gasteiger partial charge in [-0.15, -0.1) is 0 Å². The SMILES string of the molecule is CCC1CC(C)(O)CC1(F)C(C)(F)F. The Kier molecular flexibility index (Phi) is 2.64. The van der Waals surface area contributed by atoms with E-state index in [0.717, 1.165) is 0 Å². The summed E-state index contributed by atoms with van der Waals surface area (Å²) in [7, 11) is 0. The Morgan fingerprint density at radius 1 is 1.50 bits per heavy atom. The van der Waals surface area contributed by atoms with Crippen molar-refractivity contribution >= 4 is 0 Å². The maximum absolute atomic E-state index is 14.1. The van der Waals surface area contributed by atoms with Gasteiger partial charge in [0.25, 0.3) is 5.92 Å². The molecule has 1 saturated carbocycles. The van der Waals surface area contributed by atoms with E-state index >= 15 is 0 Å². The van der Waals surface area contributed by atoms with Crippen LogP contribution in [0.25, 0.3) is 0 Å². The van der Waals surface area contributed by atoms with Gasteiger partial charge >= 0.3 is 0 Å². The average Bonchev–Trinajstić information content (AvgIpc) is 2.20. The summed E-state index contributed by atoms with van der Waals surface area (Å²) in [6.45, 7) is 3.69. The molecule has 1 nitrogen and oxygen atoms in total. The summed E-state index contributed by atoms with van der Waals surface area (Å²) in [5.41, 5.74) is -3.85. The summed E-state index contributed by atoms with van der Waals surface area (Å²) in [5.74, 6) is -4.13. The van der Waals surface area contributed by atoms with Gasteiger partial charge in [0.2, 0.25) is 0 Å². The van der Waals surface area contributed by atoms with Crippen molar-refractivity contribution in [1.29, 1.82) is 0 Å². The first-order valence-corrected chi connectivity index (χ1v) is 4.91. The molecule has 0 aromatic carbocycles. The quantitative estimate of drug-likeness (QED) is 0.743. The largest absolute Gasteiger partial charge is 0.390 e. The van der Waals surface area contributed by atoms with Crippen molar-refractivity contribution in [2.75, 3.05) is 0 Å². The van der Waals surface area contributed by atoms with Crippen LogP contribution in [0, 0.1) is 5.92 Å². The summed E-state index contributed by atoms with van der Waals surface area (Å²) in [4.78, 5) is 0. The molecule has 1 aliphatic rings. The molecule has 1 fully saturated rings. The number of halogens is 3. The second-order valence-corrected chi connectivity index (χ2v) is 4.73. The highest BCUT2D eigenvalue weighted by Gasteiger charge is 2.63.